The van der Waals surface area contributed by atoms with E-state index in [9.17, 15) is 14.9 Å². The Bertz CT molecular complexity index is 592. The molecule has 0 spiro atoms. The van der Waals surface area contributed by atoms with Crippen LogP contribution < -0.4 is 5.32 Å². The highest BCUT2D eigenvalue weighted by molar-refractivity contribution is 5.85. The van der Waals surface area contributed by atoms with Crippen molar-refractivity contribution < 1.29 is 9.72 Å². The van der Waals surface area contributed by atoms with Crippen molar-refractivity contribution in [2.45, 2.75) is 32.7 Å². The molecule has 24 heavy (non-hydrogen) atoms. The lowest BCUT2D eigenvalue weighted by Crippen LogP contribution is -2.33. The van der Waals surface area contributed by atoms with Crippen LogP contribution in [0, 0.1) is 28.9 Å². The summed E-state index contributed by atoms with van der Waals surface area (Å²) >= 11 is 0. The minimum atomic E-state index is -0.507. The number of nitrogens with zero attached hydrogens (tertiary/aromatic N) is 4. The number of aryl methyl sites for hydroxylation is 2. The van der Waals surface area contributed by atoms with Gasteiger partial charge < -0.3 is 24.9 Å². The third-order valence-corrected chi connectivity index (χ3v) is 5.09. The smallest absolute Gasteiger partial charge is 0.358 e. The van der Waals surface area contributed by atoms with Gasteiger partial charge in [0.25, 0.3) is 0 Å². The van der Waals surface area contributed by atoms with E-state index < -0.39 is 4.92 Å². The van der Waals surface area contributed by atoms with Gasteiger partial charge in [-0.1, -0.05) is 0 Å². The van der Waals surface area contributed by atoms with E-state index >= 15 is 0 Å². The molecule has 1 aromatic rings. The molecule has 0 saturated carbocycles. The van der Waals surface area contributed by atoms with E-state index in [4.69, 9.17) is 0 Å². The molecule has 2 aliphatic heterocycles. The minimum Gasteiger partial charge on any atom is -0.358 e. The van der Waals surface area contributed by atoms with E-state index in [0.717, 1.165) is 39.0 Å². The molecule has 3 rings (SSSR count). The van der Waals surface area contributed by atoms with Crippen molar-refractivity contribution in [2.75, 3.05) is 26.2 Å². The number of fused-ring (bicyclic) bond motifs is 1. The lowest BCUT2D eigenvalue weighted by molar-refractivity contribution is -0.389. The average Bonchev–Trinajstić information content (AvgIpc) is 3.07. The van der Waals surface area contributed by atoms with Gasteiger partial charge in [-0.15, -0.1) is 12.4 Å². The molecule has 0 unspecified atom stereocenters. The first-order chi connectivity index (χ1) is 11.0. The van der Waals surface area contributed by atoms with E-state index in [-0.39, 0.29) is 24.1 Å². The van der Waals surface area contributed by atoms with E-state index in [0.29, 0.717) is 30.6 Å². The molecule has 2 saturated heterocycles. The largest absolute Gasteiger partial charge is 0.381 e. The van der Waals surface area contributed by atoms with Crippen molar-refractivity contribution >= 4 is 24.1 Å². The number of rotatable bonds is 4. The molecule has 9 heteroatoms. The zero-order valence-corrected chi connectivity index (χ0v) is 14.6. The Morgan fingerprint density at radius 1 is 1.38 bits per heavy atom. The molecule has 1 N–H and O–H groups in total. The minimum absolute atomic E-state index is 0. The molecule has 2 atom stereocenters. The molecule has 0 aromatic carbocycles. The molecular weight excluding hydrogens is 334 g/mol. The van der Waals surface area contributed by atoms with Crippen molar-refractivity contribution in [1.29, 1.82) is 0 Å². The number of imidazole rings is 1. The van der Waals surface area contributed by atoms with Gasteiger partial charge in [0.2, 0.25) is 11.7 Å². The van der Waals surface area contributed by atoms with Crippen LogP contribution in [-0.4, -0.2) is 51.5 Å². The maximum absolute atomic E-state index is 12.4. The monoisotopic (exact) mass is 357 g/mol. The molecule has 0 aliphatic carbocycles. The predicted octanol–water partition coefficient (Wildman–Crippen LogP) is 1.37. The fraction of sp³-hybridized carbons (Fsp3) is 0.733. The Kier molecular flexibility index (Phi) is 6.17. The second-order valence-corrected chi connectivity index (χ2v) is 6.48. The SMILES string of the molecule is Cc1nc([N+](=O)[O-])cn1CCC(=O)N1CC[C@@H]2CNC[C@@H]2CC1.Cl. The van der Waals surface area contributed by atoms with E-state index in [1.807, 2.05) is 4.90 Å². The summed E-state index contributed by atoms with van der Waals surface area (Å²) in [5.74, 6) is 1.94. The number of amides is 1. The van der Waals surface area contributed by atoms with Crippen LogP contribution in [0.2, 0.25) is 0 Å². The summed E-state index contributed by atoms with van der Waals surface area (Å²) in [6.45, 7) is 5.96. The third-order valence-electron chi connectivity index (χ3n) is 5.09. The summed E-state index contributed by atoms with van der Waals surface area (Å²) in [5.41, 5.74) is 0. The zero-order chi connectivity index (χ0) is 16.4. The number of halogens is 1. The van der Waals surface area contributed by atoms with E-state index in [1.165, 1.54) is 6.20 Å². The summed E-state index contributed by atoms with van der Waals surface area (Å²) in [6.07, 6.45) is 3.90. The quantitative estimate of drug-likeness (QED) is 0.649. The molecule has 0 bridgehead atoms. The van der Waals surface area contributed by atoms with Gasteiger partial charge in [0.05, 0.1) is 0 Å². The number of carbonyl (C=O) groups excluding carboxylic acids is 1. The average molecular weight is 358 g/mol. The first-order valence-corrected chi connectivity index (χ1v) is 8.21. The number of hydrogen-bond donors (Lipinski definition) is 1. The van der Waals surface area contributed by atoms with Gasteiger partial charge in [0.15, 0.2) is 0 Å². The Labute approximate surface area is 147 Å². The van der Waals surface area contributed by atoms with Crippen LogP contribution in [0.5, 0.6) is 0 Å². The van der Waals surface area contributed by atoms with Crippen molar-refractivity contribution in [3.8, 4) is 0 Å². The van der Waals surface area contributed by atoms with Gasteiger partial charge in [0, 0.05) is 33.0 Å². The topological polar surface area (TPSA) is 93.3 Å². The van der Waals surface area contributed by atoms with Crippen LogP contribution in [0.4, 0.5) is 5.82 Å². The molecule has 134 valence electrons. The molecule has 0 radical (unpaired) electrons. The fourth-order valence-electron chi connectivity index (χ4n) is 3.65. The normalized spacial score (nSPS) is 23.3. The third kappa shape index (κ3) is 4.05. The van der Waals surface area contributed by atoms with Gasteiger partial charge in [-0.3, -0.25) is 4.79 Å². The van der Waals surface area contributed by atoms with Gasteiger partial charge in [-0.05, 0) is 47.7 Å². The van der Waals surface area contributed by atoms with Crippen LogP contribution in [0.15, 0.2) is 6.20 Å². The number of hydrogen-bond acceptors (Lipinski definition) is 5. The Morgan fingerprint density at radius 3 is 2.54 bits per heavy atom. The molecule has 2 aliphatic rings. The van der Waals surface area contributed by atoms with Crippen LogP contribution >= 0.6 is 12.4 Å². The first kappa shape index (κ1) is 18.7. The number of nitro groups is 1. The maximum Gasteiger partial charge on any atom is 0.381 e. The van der Waals surface area contributed by atoms with Crippen LogP contribution in [0.3, 0.4) is 0 Å². The Morgan fingerprint density at radius 2 is 2.00 bits per heavy atom. The molecule has 8 nitrogen and oxygen atoms in total. The first-order valence-electron chi connectivity index (χ1n) is 8.21. The lowest BCUT2D eigenvalue weighted by Gasteiger charge is -2.21. The number of nitrogens with one attached hydrogen (secondary N) is 1. The standard InChI is InChI=1S/C15H23N5O3.ClH/c1-11-17-14(20(22)23)10-19(11)7-4-15(21)18-5-2-12-8-16-9-13(12)3-6-18;/h10,12-13,16H,2-9H2,1H3;1H/t12-,13+;. The second kappa shape index (κ2) is 7.94. The second-order valence-electron chi connectivity index (χ2n) is 6.48. The summed E-state index contributed by atoms with van der Waals surface area (Å²) in [4.78, 5) is 28.5. The van der Waals surface area contributed by atoms with Gasteiger partial charge >= 0.3 is 5.82 Å². The van der Waals surface area contributed by atoms with Gasteiger partial charge in [-0.2, -0.15) is 0 Å². The van der Waals surface area contributed by atoms with E-state index in [1.54, 1.807) is 11.5 Å². The lowest BCUT2D eigenvalue weighted by atomic mass is 9.92. The molecule has 3 heterocycles. The molecule has 2 fully saturated rings. The summed E-state index contributed by atoms with van der Waals surface area (Å²) in [6, 6.07) is 0. The highest BCUT2D eigenvalue weighted by Crippen LogP contribution is 2.27. The number of likely N-dealkylation sites (tertiary alicyclic amines) is 1. The van der Waals surface area contributed by atoms with Crippen LogP contribution in [0.1, 0.15) is 25.1 Å². The zero-order valence-electron chi connectivity index (χ0n) is 13.8. The molecule has 1 aromatic heterocycles. The maximum atomic E-state index is 12.4. The van der Waals surface area contributed by atoms with Crippen LogP contribution in [0.25, 0.3) is 0 Å². The fourth-order valence-corrected chi connectivity index (χ4v) is 3.65. The van der Waals surface area contributed by atoms with Gasteiger partial charge in [-0.25, -0.2) is 0 Å². The van der Waals surface area contributed by atoms with Crippen molar-refractivity contribution in [1.82, 2.24) is 19.8 Å². The number of aromatic nitrogens is 2. The highest BCUT2D eigenvalue weighted by Gasteiger charge is 2.31. The summed E-state index contributed by atoms with van der Waals surface area (Å²) < 4.78 is 1.69. The van der Waals surface area contributed by atoms with Crippen molar-refractivity contribution in [2.24, 2.45) is 11.8 Å². The summed E-state index contributed by atoms with van der Waals surface area (Å²) in [5, 5.41) is 14.2. The van der Waals surface area contributed by atoms with Crippen molar-refractivity contribution in [3.05, 3.63) is 22.1 Å². The molecule has 1 amide bonds. The molecular formula is C15H24ClN5O3. The summed E-state index contributed by atoms with van der Waals surface area (Å²) in [7, 11) is 0. The van der Waals surface area contributed by atoms with Gasteiger partial charge in [0.1, 0.15) is 6.20 Å². The van der Waals surface area contributed by atoms with E-state index in [2.05, 4.69) is 10.3 Å². The highest BCUT2D eigenvalue weighted by atomic mass is 35.5. The Hall–Kier alpha value is -1.67. The van der Waals surface area contributed by atoms with Crippen molar-refractivity contribution in [3.63, 3.8) is 0 Å². The predicted molar refractivity (Wildman–Crippen MR) is 91.1 cm³/mol. The Balaban J connectivity index is 0.00000208. The van der Waals surface area contributed by atoms with Crippen LogP contribution in [-0.2, 0) is 11.3 Å². The number of carbonyl (C=O) groups is 1.